The third-order valence-corrected chi connectivity index (χ3v) is 4.17. The summed E-state index contributed by atoms with van der Waals surface area (Å²) in [6, 6.07) is 0. The molecule has 0 amide bonds. The van der Waals surface area contributed by atoms with Crippen molar-refractivity contribution in [2.75, 3.05) is 33.1 Å². The summed E-state index contributed by atoms with van der Waals surface area (Å²) in [5.41, 5.74) is 0. The summed E-state index contributed by atoms with van der Waals surface area (Å²) in [6.07, 6.45) is 12.5. The average molecular weight is 305 g/mol. The molecule has 0 rings (SSSR count). The third kappa shape index (κ3) is 26.4. The monoisotopic (exact) mass is 305 g/mol. The molecule has 20 heavy (non-hydrogen) atoms. The lowest BCUT2D eigenvalue weighted by atomic mass is 10.1. The largest absolute Gasteiger partial charge is 0.481 e. The molecule has 0 aliphatic heterocycles. The van der Waals surface area contributed by atoms with E-state index < -0.39 is 5.97 Å². The summed E-state index contributed by atoms with van der Waals surface area (Å²) in [7, 11) is 2.02. The van der Waals surface area contributed by atoms with Crippen molar-refractivity contribution in [2.24, 2.45) is 0 Å². The molecule has 2 N–H and O–H groups in total. The molecule has 0 atom stereocenters. The maximum Gasteiger partial charge on any atom is 0.303 e. The molecule has 0 heterocycles. The van der Waals surface area contributed by atoms with Gasteiger partial charge < -0.3 is 10.4 Å². The van der Waals surface area contributed by atoms with Gasteiger partial charge in [-0.05, 0) is 39.5 Å². The highest BCUT2D eigenvalue weighted by Gasteiger charge is 1.97. The Hall–Kier alpha value is -0.140. The number of nitrogens with one attached hydrogen (secondary N) is 1. The zero-order valence-corrected chi connectivity index (χ0v) is 15.0. The molecular formula is C16H36NO2P. The Kier molecular flexibility index (Phi) is 20.9. The molecule has 0 saturated carbocycles. The van der Waals surface area contributed by atoms with Crippen LogP contribution in [0.1, 0.15) is 64.7 Å². The average Bonchev–Trinajstić information content (AvgIpc) is 2.40. The van der Waals surface area contributed by atoms with Gasteiger partial charge in [0, 0.05) is 6.42 Å². The fourth-order valence-corrected chi connectivity index (χ4v) is 2.39. The molecule has 0 unspecified atom stereocenters. The van der Waals surface area contributed by atoms with Crippen LogP contribution in [-0.2, 0) is 4.79 Å². The van der Waals surface area contributed by atoms with Gasteiger partial charge in [-0.15, -0.1) is 7.92 Å². The topological polar surface area (TPSA) is 49.3 Å². The Morgan fingerprint density at radius 2 is 1.50 bits per heavy atom. The lowest BCUT2D eigenvalue weighted by Crippen LogP contribution is -2.06. The highest BCUT2D eigenvalue weighted by Crippen LogP contribution is 2.24. The number of aliphatic carboxylic acids is 1. The van der Waals surface area contributed by atoms with Crippen LogP contribution < -0.4 is 5.32 Å². The molecule has 0 radical (unpaired) electrons. The Morgan fingerprint density at radius 1 is 1.00 bits per heavy atom. The highest BCUT2D eigenvalue weighted by atomic mass is 31.1. The second-order valence-corrected chi connectivity index (χ2v) is 8.13. The summed E-state index contributed by atoms with van der Waals surface area (Å²) in [5.74, 6) is -0.679. The predicted molar refractivity (Wildman–Crippen MR) is 92.4 cm³/mol. The minimum absolute atomic E-state index is 0.0138. The molecule has 0 aliphatic carbocycles. The van der Waals surface area contributed by atoms with E-state index in [4.69, 9.17) is 5.11 Å². The zero-order valence-electron chi connectivity index (χ0n) is 14.1. The lowest BCUT2D eigenvalue weighted by molar-refractivity contribution is -0.136. The molecule has 3 nitrogen and oxygen atoms in total. The SMILES string of the molecule is CCCCCCCCCCNC.CP(C)CCC(=O)O. The van der Waals surface area contributed by atoms with Crippen molar-refractivity contribution in [3.05, 3.63) is 0 Å². The fourth-order valence-electron chi connectivity index (χ4n) is 1.75. The first-order chi connectivity index (χ1) is 9.54. The maximum absolute atomic E-state index is 9.91. The summed E-state index contributed by atoms with van der Waals surface area (Å²) in [5, 5.41) is 11.4. The van der Waals surface area contributed by atoms with Gasteiger partial charge in [0.25, 0.3) is 0 Å². The minimum Gasteiger partial charge on any atom is -0.481 e. The van der Waals surface area contributed by atoms with Crippen molar-refractivity contribution < 1.29 is 9.90 Å². The lowest BCUT2D eigenvalue weighted by Gasteiger charge is -2.00. The van der Waals surface area contributed by atoms with Crippen LogP contribution in [0.4, 0.5) is 0 Å². The minimum atomic E-state index is -0.679. The number of hydrogen-bond acceptors (Lipinski definition) is 2. The van der Waals surface area contributed by atoms with E-state index in [0.29, 0.717) is 6.42 Å². The number of rotatable bonds is 12. The zero-order chi connectivity index (χ0) is 15.6. The molecule has 0 spiro atoms. The molecule has 0 saturated heterocycles. The number of carboxylic acids is 1. The summed E-state index contributed by atoms with van der Waals surface area (Å²) < 4.78 is 0. The molecule has 0 fully saturated rings. The molecule has 122 valence electrons. The number of carbonyl (C=O) groups is 1. The van der Waals surface area contributed by atoms with E-state index in [2.05, 4.69) is 25.6 Å². The molecule has 0 aromatic heterocycles. The van der Waals surface area contributed by atoms with Gasteiger partial charge in [0.05, 0.1) is 0 Å². The van der Waals surface area contributed by atoms with Crippen molar-refractivity contribution in [3.8, 4) is 0 Å². The second kappa shape index (κ2) is 18.9. The molecule has 4 heteroatoms. The van der Waals surface area contributed by atoms with Crippen molar-refractivity contribution >= 4 is 13.9 Å². The standard InChI is InChI=1S/C11H25N.C5H11O2P/c1-3-4-5-6-7-8-9-10-11-12-2;1-8(2)4-3-5(6)7/h12H,3-11H2,1-2H3;3-4H2,1-2H3,(H,6,7). The quantitative estimate of drug-likeness (QED) is 0.411. The molecule has 0 aromatic rings. The second-order valence-electron chi connectivity index (χ2n) is 5.53. The Labute approximate surface area is 127 Å². The van der Waals surface area contributed by atoms with E-state index in [1.165, 1.54) is 57.9 Å². The van der Waals surface area contributed by atoms with E-state index in [-0.39, 0.29) is 7.92 Å². The van der Waals surface area contributed by atoms with E-state index in [1.54, 1.807) is 0 Å². The Balaban J connectivity index is 0. The van der Waals surface area contributed by atoms with Crippen LogP contribution in [0.2, 0.25) is 0 Å². The van der Waals surface area contributed by atoms with Crippen LogP contribution in [0.15, 0.2) is 0 Å². The van der Waals surface area contributed by atoms with Crippen molar-refractivity contribution in [1.82, 2.24) is 5.32 Å². The first-order valence-corrected chi connectivity index (χ1v) is 10.5. The van der Waals surface area contributed by atoms with Gasteiger partial charge in [0.15, 0.2) is 0 Å². The Morgan fingerprint density at radius 3 is 1.85 bits per heavy atom. The van der Waals surface area contributed by atoms with Crippen molar-refractivity contribution in [1.29, 1.82) is 0 Å². The van der Waals surface area contributed by atoms with E-state index >= 15 is 0 Å². The van der Waals surface area contributed by atoms with E-state index in [0.717, 1.165) is 6.16 Å². The van der Waals surface area contributed by atoms with Gasteiger partial charge >= 0.3 is 5.97 Å². The van der Waals surface area contributed by atoms with Crippen LogP contribution in [0.3, 0.4) is 0 Å². The summed E-state index contributed by atoms with van der Waals surface area (Å²) >= 11 is 0. The van der Waals surface area contributed by atoms with Crippen LogP contribution in [0, 0.1) is 0 Å². The van der Waals surface area contributed by atoms with Crippen molar-refractivity contribution in [3.63, 3.8) is 0 Å². The van der Waals surface area contributed by atoms with Crippen LogP contribution >= 0.6 is 7.92 Å². The number of carboxylic acid groups (broad SMARTS) is 1. The normalized spacial score (nSPS) is 10.2. The first kappa shape index (κ1) is 22.1. The molecule has 0 aliphatic rings. The van der Waals surface area contributed by atoms with Crippen LogP contribution in [0.25, 0.3) is 0 Å². The molecule has 0 bridgehead atoms. The Bertz CT molecular complexity index is 189. The van der Waals surface area contributed by atoms with Crippen LogP contribution in [-0.4, -0.2) is 44.2 Å². The number of hydrogen-bond donors (Lipinski definition) is 2. The predicted octanol–water partition coefficient (Wildman–Crippen LogP) is 4.55. The van der Waals surface area contributed by atoms with Crippen LogP contribution in [0.5, 0.6) is 0 Å². The van der Waals surface area contributed by atoms with E-state index in [1.807, 2.05) is 7.05 Å². The maximum atomic E-state index is 9.91. The van der Waals surface area contributed by atoms with Gasteiger partial charge in [0.1, 0.15) is 0 Å². The van der Waals surface area contributed by atoms with Gasteiger partial charge in [-0.25, -0.2) is 0 Å². The van der Waals surface area contributed by atoms with Gasteiger partial charge in [-0.2, -0.15) is 0 Å². The van der Waals surface area contributed by atoms with Gasteiger partial charge in [0.2, 0.25) is 0 Å². The number of unbranched alkanes of at least 4 members (excludes halogenated alkanes) is 7. The molecular weight excluding hydrogens is 269 g/mol. The fraction of sp³-hybridized carbons (Fsp3) is 0.938. The summed E-state index contributed by atoms with van der Waals surface area (Å²) in [4.78, 5) is 9.91. The third-order valence-electron chi connectivity index (χ3n) is 3.05. The summed E-state index contributed by atoms with van der Waals surface area (Å²) in [6.45, 7) is 7.62. The first-order valence-electron chi connectivity index (χ1n) is 8.05. The smallest absolute Gasteiger partial charge is 0.303 e. The van der Waals surface area contributed by atoms with Gasteiger partial charge in [-0.3, -0.25) is 4.79 Å². The molecule has 0 aromatic carbocycles. The highest BCUT2D eigenvalue weighted by molar-refractivity contribution is 7.56. The van der Waals surface area contributed by atoms with Crippen molar-refractivity contribution in [2.45, 2.75) is 64.7 Å². The van der Waals surface area contributed by atoms with E-state index in [9.17, 15) is 4.79 Å². The van der Waals surface area contributed by atoms with Gasteiger partial charge in [-0.1, -0.05) is 51.9 Å².